The monoisotopic (exact) mass is 698 g/mol. The van der Waals surface area contributed by atoms with E-state index in [9.17, 15) is 19.2 Å². The molecule has 0 unspecified atom stereocenters. The first-order valence-electron chi connectivity index (χ1n) is 16.1. The van der Waals surface area contributed by atoms with Gasteiger partial charge < -0.3 is 30.9 Å². The predicted molar refractivity (Wildman–Crippen MR) is 189 cm³/mol. The van der Waals surface area contributed by atoms with Gasteiger partial charge in [-0.3, -0.25) is 9.59 Å². The van der Waals surface area contributed by atoms with Crippen LogP contribution in [0.25, 0.3) is 32.9 Å². The van der Waals surface area contributed by atoms with Crippen LogP contribution in [0.2, 0.25) is 0 Å². The minimum absolute atomic E-state index is 0.213. The zero-order valence-corrected chi connectivity index (χ0v) is 27.8. The van der Waals surface area contributed by atoms with Gasteiger partial charge in [-0.15, -0.1) is 0 Å². The third kappa shape index (κ3) is 6.32. The second-order valence-corrected chi connectivity index (χ2v) is 12.7. The third-order valence-corrected chi connectivity index (χ3v) is 9.04. The number of fused-ring (bicyclic) bond motifs is 2. The standard InChI is InChI=1S/2C18H15N5O3/c2*1-9-8-26-18(25)23(9)12-2-10-4-16(21-7-14(10)15(20)5-12)22-17(24)13-3-11(13)6-19/h2*2,4-5,7-8,11,13H,3,20H2,1H3,(H,21,22,24)/t2*11-,13+/m10/s1. The molecule has 4 heterocycles. The number of benzene rings is 2. The maximum atomic E-state index is 12.1. The number of amides is 2. The van der Waals surface area contributed by atoms with Gasteiger partial charge in [-0.2, -0.15) is 10.5 Å². The number of nitrogens with two attached hydrogens (primary N) is 2. The largest absolute Gasteiger partial charge is 0.423 e. The van der Waals surface area contributed by atoms with Crippen molar-refractivity contribution in [2.75, 3.05) is 22.1 Å². The number of aromatic nitrogens is 4. The summed E-state index contributed by atoms with van der Waals surface area (Å²) < 4.78 is 12.6. The summed E-state index contributed by atoms with van der Waals surface area (Å²) in [5, 5.41) is 26.0. The number of nitrogen functional groups attached to an aromatic ring is 2. The fourth-order valence-electron chi connectivity index (χ4n) is 6.02. The number of carbonyl (C=O) groups excluding carboxylic acids is 2. The van der Waals surface area contributed by atoms with E-state index in [1.165, 1.54) is 21.7 Å². The van der Waals surface area contributed by atoms with E-state index in [-0.39, 0.29) is 35.5 Å². The van der Waals surface area contributed by atoms with Gasteiger partial charge in [0.25, 0.3) is 0 Å². The summed E-state index contributed by atoms with van der Waals surface area (Å²) in [6.45, 7) is 3.51. The molecule has 4 atom stereocenters. The Bertz CT molecular complexity index is 2460. The van der Waals surface area contributed by atoms with Gasteiger partial charge >= 0.3 is 11.5 Å². The van der Waals surface area contributed by atoms with Gasteiger partial charge in [0.05, 0.1) is 58.6 Å². The zero-order valence-electron chi connectivity index (χ0n) is 27.8. The van der Waals surface area contributed by atoms with E-state index in [1.54, 1.807) is 62.6 Å². The molecule has 16 heteroatoms. The van der Waals surface area contributed by atoms with Gasteiger partial charge in [-0.05, 0) is 73.9 Å². The molecule has 2 aliphatic rings. The summed E-state index contributed by atoms with van der Waals surface area (Å²) in [5.41, 5.74) is 15.6. The van der Waals surface area contributed by atoms with Crippen molar-refractivity contribution in [1.29, 1.82) is 10.5 Å². The van der Waals surface area contributed by atoms with Crippen molar-refractivity contribution < 1.29 is 18.4 Å². The fourth-order valence-corrected chi connectivity index (χ4v) is 6.02. The minimum atomic E-state index is -0.500. The Morgan fingerprint density at radius 1 is 0.731 bits per heavy atom. The Labute approximate surface area is 293 Å². The van der Waals surface area contributed by atoms with Crippen LogP contribution < -0.4 is 33.6 Å². The lowest BCUT2D eigenvalue weighted by atomic mass is 10.1. The van der Waals surface area contributed by atoms with Gasteiger partial charge in [0.2, 0.25) is 11.8 Å². The number of oxazole rings is 2. The van der Waals surface area contributed by atoms with Crippen LogP contribution in [0.15, 0.2) is 79.7 Å². The normalized spacial score (nSPS) is 18.5. The minimum Gasteiger partial charge on any atom is -0.416 e. The summed E-state index contributed by atoms with van der Waals surface area (Å²) in [6.07, 6.45) is 7.06. The molecule has 6 N–H and O–H groups in total. The summed E-state index contributed by atoms with van der Waals surface area (Å²) in [6, 6.07) is 14.5. The van der Waals surface area contributed by atoms with Crippen molar-refractivity contribution in [3.05, 3.63) is 93.8 Å². The molecule has 4 aromatic heterocycles. The average molecular weight is 699 g/mol. The molecule has 52 heavy (non-hydrogen) atoms. The van der Waals surface area contributed by atoms with Crippen molar-refractivity contribution in [3.63, 3.8) is 0 Å². The molecule has 2 amide bonds. The maximum absolute atomic E-state index is 12.1. The molecule has 2 fully saturated rings. The first-order valence-corrected chi connectivity index (χ1v) is 16.1. The van der Waals surface area contributed by atoms with E-state index in [4.69, 9.17) is 30.8 Å². The number of hydrogen-bond acceptors (Lipinski definition) is 12. The highest BCUT2D eigenvalue weighted by Crippen LogP contribution is 2.39. The lowest BCUT2D eigenvalue weighted by Gasteiger charge is -2.10. The molecule has 0 aliphatic heterocycles. The van der Waals surface area contributed by atoms with Crippen molar-refractivity contribution in [2.24, 2.45) is 23.7 Å². The first kappa shape index (κ1) is 33.3. The highest BCUT2D eigenvalue weighted by atomic mass is 16.4. The summed E-state index contributed by atoms with van der Waals surface area (Å²) in [5.74, 6) is -1.66. The Balaban J connectivity index is 0.000000162. The quantitative estimate of drug-likeness (QED) is 0.181. The Kier molecular flexibility index (Phi) is 8.28. The van der Waals surface area contributed by atoms with E-state index >= 15 is 0 Å². The van der Waals surface area contributed by atoms with Gasteiger partial charge in [0, 0.05) is 34.5 Å². The molecule has 0 spiro atoms. The van der Waals surface area contributed by atoms with E-state index < -0.39 is 11.5 Å². The maximum Gasteiger partial charge on any atom is 0.423 e. The molecule has 0 bridgehead atoms. The molecular formula is C36H30N10O6. The number of nitriles is 2. The van der Waals surface area contributed by atoms with Crippen LogP contribution in [0.3, 0.4) is 0 Å². The Morgan fingerprint density at radius 2 is 1.13 bits per heavy atom. The SMILES string of the molecule is Cc1coc(=O)n1-c1cc(N)c2cnc(NC(=O)[C@@H]3C[C@H]3C#N)cc2c1.Cc1coc(=O)n1-c1cc(N)c2cnc(NC(=O)[C@H]3C[C@@H]3C#N)cc2c1. The molecule has 0 radical (unpaired) electrons. The second-order valence-electron chi connectivity index (χ2n) is 12.7. The van der Waals surface area contributed by atoms with Crippen LogP contribution >= 0.6 is 0 Å². The van der Waals surface area contributed by atoms with Crippen molar-refractivity contribution in [2.45, 2.75) is 26.7 Å². The first-order chi connectivity index (χ1) is 24.9. The van der Waals surface area contributed by atoms with Crippen LogP contribution in [-0.2, 0) is 9.59 Å². The molecule has 260 valence electrons. The number of pyridine rings is 2. The van der Waals surface area contributed by atoms with Crippen LogP contribution in [0.1, 0.15) is 24.2 Å². The average Bonchev–Trinajstić information content (AvgIpc) is 4.02. The fraction of sp³-hybridized carbons (Fsp3) is 0.222. The van der Waals surface area contributed by atoms with Crippen LogP contribution in [0.4, 0.5) is 23.0 Å². The lowest BCUT2D eigenvalue weighted by Crippen LogP contribution is -2.15. The van der Waals surface area contributed by atoms with Crippen molar-refractivity contribution in [1.82, 2.24) is 19.1 Å². The van der Waals surface area contributed by atoms with E-state index in [1.807, 2.05) is 0 Å². The number of anilines is 4. The Hall–Kier alpha value is -7.20. The number of nitrogens with zero attached hydrogens (tertiary/aromatic N) is 6. The molecule has 2 aromatic carbocycles. The molecule has 2 aliphatic carbocycles. The van der Waals surface area contributed by atoms with E-state index in [0.29, 0.717) is 69.4 Å². The van der Waals surface area contributed by atoms with Crippen LogP contribution in [0.5, 0.6) is 0 Å². The molecule has 16 nitrogen and oxygen atoms in total. The van der Waals surface area contributed by atoms with E-state index in [2.05, 4.69) is 32.7 Å². The van der Waals surface area contributed by atoms with E-state index in [0.717, 1.165) is 10.8 Å². The summed E-state index contributed by atoms with van der Waals surface area (Å²) in [7, 11) is 0. The second kappa shape index (κ2) is 12.9. The molecule has 8 rings (SSSR count). The van der Waals surface area contributed by atoms with Gasteiger partial charge in [-0.1, -0.05) is 0 Å². The van der Waals surface area contributed by atoms with Crippen LogP contribution in [0, 0.1) is 60.2 Å². The smallest absolute Gasteiger partial charge is 0.416 e. The molecule has 0 saturated heterocycles. The van der Waals surface area contributed by atoms with Crippen molar-refractivity contribution in [3.8, 4) is 23.5 Å². The van der Waals surface area contributed by atoms with Crippen LogP contribution in [-0.4, -0.2) is 30.9 Å². The summed E-state index contributed by atoms with van der Waals surface area (Å²) >= 11 is 0. The van der Waals surface area contributed by atoms with Crippen molar-refractivity contribution >= 4 is 56.4 Å². The lowest BCUT2D eigenvalue weighted by molar-refractivity contribution is -0.118. The molecular weight excluding hydrogens is 668 g/mol. The van der Waals surface area contributed by atoms with Gasteiger partial charge in [-0.25, -0.2) is 28.7 Å². The highest BCUT2D eigenvalue weighted by Gasteiger charge is 2.44. The Morgan fingerprint density at radius 3 is 1.46 bits per heavy atom. The molecule has 6 aromatic rings. The van der Waals surface area contributed by atoms with Gasteiger partial charge in [0.1, 0.15) is 24.2 Å². The van der Waals surface area contributed by atoms with Gasteiger partial charge in [0.15, 0.2) is 0 Å². The number of hydrogen-bond donors (Lipinski definition) is 4. The highest BCUT2D eigenvalue weighted by molar-refractivity contribution is 6.00. The number of carbonyl (C=O) groups is 2. The molecule has 2 saturated carbocycles. The number of nitrogens with one attached hydrogen (secondary N) is 2. The third-order valence-electron chi connectivity index (χ3n) is 9.04. The number of aryl methyl sites for hydroxylation is 2. The number of rotatable bonds is 6. The summed E-state index contributed by atoms with van der Waals surface area (Å²) in [4.78, 5) is 56.4. The predicted octanol–water partition coefficient (Wildman–Crippen LogP) is 3.94. The zero-order chi connectivity index (χ0) is 36.8. The topological polar surface area (TPSA) is 254 Å².